The number of hydrogen-bond donors (Lipinski definition) is 0. The summed E-state index contributed by atoms with van der Waals surface area (Å²) in [4.78, 5) is 4.17. The lowest BCUT2D eigenvalue weighted by molar-refractivity contribution is 0.556. The van der Waals surface area contributed by atoms with Crippen LogP contribution in [0.3, 0.4) is 0 Å². The molecule has 0 N–H and O–H groups in total. The maximum absolute atomic E-state index is 5.13. The predicted octanol–water partition coefficient (Wildman–Crippen LogP) is 6.82. The van der Waals surface area contributed by atoms with Gasteiger partial charge in [0.2, 0.25) is 0 Å². The van der Waals surface area contributed by atoms with Crippen molar-refractivity contribution in [3.8, 4) is 0 Å². The van der Waals surface area contributed by atoms with Crippen LogP contribution in [0.1, 0.15) is 39.1 Å². The fourth-order valence-electron chi connectivity index (χ4n) is 5.54. The molecule has 0 aliphatic carbocycles. The highest BCUT2D eigenvalue weighted by atomic mass is 15.7. The van der Waals surface area contributed by atoms with E-state index in [4.69, 9.17) is 10.2 Å². The van der Waals surface area contributed by atoms with Crippen LogP contribution in [-0.4, -0.2) is 46.0 Å². The third-order valence-electron chi connectivity index (χ3n) is 7.57. The molecule has 38 heavy (non-hydrogen) atoms. The van der Waals surface area contributed by atoms with Gasteiger partial charge in [-0.2, -0.15) is 19.8 Å². The lowest BCUT2D eigenvalue weighted by Gasteiger charge is -2.23. The largest absolute Gasteiger partial charge is 0.297 e. The first-order valence-electron chi connectivity index (χ1n) is 13.7. The molecule has 4 aromatic carbocycles. The maximum atomic E-state index is 5.13. The minimum absolute atomic E-state index is 0.871. The molecule has 0 bridgehead atoms. The van der Waals surface area contributed by atoms with Crippen LogP contribution in [0.2, 0.25) is 0 Å². The molecule has 0 unspecified atom stereocenters. The lowest BCUT2D eigenvalue weighted by atomic mass is 10.0. The minimum Gasteiger partial charge on any atom is -0.297 e. The van der Waals surface area contributed by atoms with E-state index in [0.29, 0.717) is 0 Å². The molecule has 0 aliphatic rings. The van der Waals surface area contributed by atoms with Gasteiger partial charge in [-0.25, -0.2) is 0 Å². The zero-order valence-electron chi connectivity index (χ0n) is 22.6. The Bertz CT molecular complexity index is 1650. The number of benzene rings is 4. The number of hydrogen-bond acceptors (Lipinski definition) is 4. The second-order valence-corrected chi connectivity index (χ2v) is 9.53. The molecule has 2 aromatic heterocycles. The number of nitrogens with zero attached hydrogens (tertiary/aromatic N) is 6. The van der Waals surface area contributed by atoms with Crippen LogP contribution in [0, 0.1) is 0 Å². The van der Waals surface area contributed by atoms with E-state index in [0.717, 1.165) is 59.4 Å². The van der Waals surface area contributed by atoms with E-state index >= 15 is 0 Å². The van der Waals surface area contributed by atoms with E-state index in [-0.39, 0.29) is 0 Å². The van der Waals surface area contributed by atoms with E-state index < -0.39 is 0 Å². The fourth-order valence-corrected chi connectivity index (χ4v) is 5.54. The fraction of sp³-hybridized carbons (Fsp3) is 0.250. The summed E-state index contributed by atoms with van der Waals surface area (Å²) in [5.74, 6) is 0. The Kier molecular flexibility index (Phi) is 6.24. The van der Waals surface area contributed by atoms with E-state index in [1.165, 1.54) is 21.5 Å². The van der Waals surface area contributed by atoms with Gasteiger partial charge in [-0.05, 0) is 62.8 Å². The zero-order valence-corrected chi connectivity index (χ0v) is 22.6. The quantitative estimate of drug-likeness (QED) is 0.229. The molecule has 192 valence electrons. The summed E-state index contributed by atoms with van der Waals surface area (Å²) in [7, 11) is 0. The summed E-state index contributed by atoms with van der Waals surface area (Å²) >= 11 is 0. The van der Waals surface area contributed by atoms with Gasteiger partial charge in [0, 0.05) is 47.7 Å². The Morgan fingerprint density at radius 2 is 0.921 bits per heavy atom. The summed E-state index contributed by atoms with van der Waals surface area (Å²) in [6, 6.07) is 25.8. The van der Waals surface area contributed by atoms with Crippen molar-refractivity contribution in [3.05, 3.63) is 84.2 Å². The van der Waals surface area contributed by atoms with Gasteiger partial charge in [0.25, 0.3) is 0 Å². The molecule has 6 nitrogen and oxygen atoms in total. The Labute approximate surface area is 223 Å². The smallest absolute Gasteiger partial charge is 0.103 e. The van der Waals surface area contributed by atoms with E-state index in [9.17, 15) is 0 Å². The van der Waals surface area contributed by atoms with Crippen LogP contribution >= 0.6 is 0 Å². The summed E-state index contributed by atoms with van der Waals surface area (Å²) in [6.45, 7) is 12.2. The Hall–Kier alpha value is -4.32. The van der Waals surface area contributed by atoms with Gasteiger partial charge in [0.1, 0.15) is 11.0 Å². The summed E-state index contributed by atoms with van der Waals surface area (Å²) in [5, 5.41) is 21.9. The van der Waals surface area contributed by atoms with Crippen molar-refractivity contribution < 1.29 is 0 Å². The van der Waals surface area contributed by atoms with Crippen molar-refractivity contribution in [2.45, 2.75) is 27.7 Å². The van der Waals surface area contributed by atoms with Gasteiger partial charge < -0.3 is 0 Å². The summed E-state index contributed by atoms with van der Waals surface area (Å²) < 4.78 is 0. The molecule has 6 heteroatoms. The van der Waals surface area contributed by atoms with Gasteiger partial charge in [0.05, 0.1) is 11.4 Å². The van der Waals surface area contributed by atoms with E-state index in [2.05, 4.69) is 132 Å². The highest BCUT2D eigenvalue weighted by molar-refractivity contribution is 6.10. The van der Waals surface area contributed by atoms with Gasteiger partial charge in [0.15, 0.2) is 0 Å². The van der Waals surface area contributed by atoms with Crippen LogP contribution in [0.5, 0.6) is 0 Å². The molecular formula is C32H34N6. The highest BCUT2D eigenvalue weighted by Gasteiger charge is 2.18. The first-order valence-corrected chi connectivity index (χ1v) is 13.7. The molecular weight excluding hydrogens is 468 g/mol. The molecule has 6 rings (SSSR count). The van der Waals surface area contributed by atoms with Gasteiger partial charge in [-0.1, -0.05) is 60.7 Å². The van der Waals surface area contributed by atoms with Crippen molar-refractivity contribution in [1.82, 2.24) is 19.8 Å². The van der Waals surface area contributed by atoms with Crippen molar-refractivity contribution in [3.63, 3.8) is 0 Å². The normalized spacial score (nSPS) is 12.0. The highest BCUT2D eigenvalue weighted by Crippen LogP contribution is 2.31. The monoisotopic (exact) mass is 502 g/mol. The van der Waals surface area contributed by atoms with Crippen LogP contribution in [0.4, 0.5) is 0 Å². The van der Waals surface area contributed by atoms with Crippen LogP contribution < -0.4 is 10.0 Å². The lowest BCUT2D eigenvalue weighted by Crippen LogP contribution is -2.36. The average molecular weight is 503 g/mol. The van der Waals surface area contributed by atoms with E-state index in [1.54, 1.807) is 0 Å². The maximum Gasteiger partial charge on any atom is 0.103 e. The minimum atomic E-state index is 0.871. The van der Waals surface area contributed by atoms with Gasteiger partial charge in [-0.15, -0.1) is 0 Å². The van der Waals surface area contributed by atoms with Gasteiger partial charge >= 0.3 is 0 Å². The summed E-state index contributed by atoms with van der Waals surface area (Å²) in [5.41, 5.74) is 4.22. The molecule has 0 amide bonds. The standard InChI is InChI=1S/C32H34N6/c1-5-35(6-2)37-29(27-19-17-23-13-9-11-15-25(23)31(27)33-37)21-22-30-28-20-18-24-14-10-12-16-26(24)32(28)34-38(30)36(7-3)8-4/h9-22H,5-8H2,1-4H3/b22-21+. The van der Waals surface area contributed by atoms with Crippen molar-refractivity contribution >= 4 is 55.5 Å². The summed E-state index contributed by atoms with van der Waals surface area (Å²) in [6.07, 6.45) is 4.43. The third-order valence-corrected chi connectivity index (χ3v) is 7.57. The molecule has 2 heterocycles. The first-order chi connectivity index (χ1) is 18.7. The Morgan fingerprint density at radius 1 is 0.526 bits per heavy atom. The van der Waals surface area contributed by atoms with Crippen molar-refractivity contribution in [1.29, 1.82) is 0 Å². The zero-order chi connectivity index (χ0) is 26.2. The van der Waals surface area contributed by atoms with Crippen LogP contribution in [-0.2, 0) is 0 Å². The molecule has 0 radical (unpaired) electrons. The third kappa shape index (κ3) is 3.79. The molecule has 0 saturated heterocycles. The number of aromatic nitrogens is 4. The molecule has 0 atom stereocenters. The molecule has 0 saturated carbocycles. The molecule has 0 spiro atoms. The van der Waals surface area contributed by atoms with Gasteiger partial charge in [-0.3, -0.25) is 10.0 Å². The van der Waals surface area contributed by atoms with Crippen LogP contribution in [0.25, 0.3) is 55.5 Å². The number of fused-ring (bicyclic) bond motifs is 6. The van der Waals surface area contributed by atoms with Crippen molar-refractivity contribution in [2.75, 3.05) is 36.2 Å². The SMILES string of the molecule is CCN(CC)n1nc2c(ccc3ccccc32)c1/C=C/c1c2ccc3ccccc3c2nn1N(CC)CC. The second-order valence-electron chi connectivity index (χ2n) is 9.53. The predicted molar refractivity (Wildman–Crippen MR) is 162 cm³/mol. The average Bonchev–Trinajstić information content (AvgIpc) is 3.52. The molecule has 6 aromatic rings. The Balaban J connectivity index is 1.60. The van der Waals surface area contributed by atoms with E-state index in [1.807, 2.05) is 0 Å². The molecule has 0 fully saturated rings. The number of rotatable bonds is 8. The van der Waals surface area contributed by atoms with Crippen molar-refractivity contribution in [2.24, 2.45) is 0 Å². The topological polar surface area (TPSA) is 42.1 Å². The molecule has 0 aliphatic heterocycles. The Morgan fingerprint density at radius 3 is 1.32 bits per heavy atom. The first kappa shape index (κ1) is 24.0. The second kappa shape index (κ2) is 9.86. The van der Waals surface area contributed by atoms with Crippen LogP contribution in [0.15, 0.2) is 72.8 Å².